The monoisotopic (exact) mass is 366 g/mol. The minimum absolute atomic E-state index is 0.102. The third kappa shape index (κ3) is 4.08. The number of H-pyrrole nitrogens is 1. The molecule has 0 aliphatic heterocycles. The van der Waals surface area contributed by atoms with Crippen LogP contribution >= 0.6 is 12.2 Å². The molecule has 0 saturated carbocycles. The number of aromatic amines is 1. The molecule has 1 heterocycles. The lowest BCUT2D eigenvalue weighted by molar-refractivity contribution is -0.116. The highest BCUT2D eigenvalue weighted by Crippen LogP contribution is 2.19. The number of carbonyl (C=O) groups is 1. The van der Waals surface area contributed by atoms with Crippen molar-refractivity contribution in [3.05, 3.63) is 64.4 Å². The fraction of sp³-hybridized carbons (Fsp3) is 0.250. The van der Waals surface area contributed by atoms with Crippen LogP contribution in [0.2, 0.25) is 0 Å². The average Bonchev–Trinajstić information content (AvgIpc) is 2.97. The highest BCUT2D eigenvalue weighted by atomic mass is 32.1. The van der Waals surface area contributed by atoms with E-state index in [0.29, 0.717) is 16.5 Å². The zero-order chi connectivity index (χ0) is 18.7. The molecule has 0 bridgehead atoms. The third-order valence-electron chi connectivity index (χ3n) is 4.23. The molecule has 0 unspecified atom stereocenters. The lowest BCUT2D eigenvalue weighted by atomic mass is 10.0. The molecule has 5 nitrogen and oxygen atoms in total. The van der Waals surface area contributed by atoms with Gasteiger partial charge in [-0.15, -0.1) is 0 Å². The van der Waals surface area contributed by atoms with E-state index in [1.807, 2.05) is 55.5 Å². The summed E-state index contributed by atoms with van der Waals surface area (Å²) < 4.78 is 2.13. The van der Waals surface area contributed by atoms with Crippen LogP contribution in [-0.4, -0.2) is 20.7 Å². The largest absolute Gasteiger partial charge is 0.325 e. The Kier molecular flexibility index (Phi) is 5.32. The normalized spacial score (nSPS) is 10.9. The van der Waals surface area contributed by atoms with E-state index in [4.69, 9.17) is 12.2 Å². The van der Waals surface area contributed by atoms with E-state index in [1.165, 1.54) is 5.56 Å². The number of hydrogen-bond acceptors (Lipinski definition) is 3. The van der Waals surface area contributed by atoms with Crippen LogP contribution in [0.25, 0.3) is 11.4 Å². The summed E-state index contributed by atoms with van der Waals surface area (Å²) in [7, 11) is 0. The number of hydrogen-bond donors (Lipinski definition) is 2. The van der Waals surface area contributed by atoms with E-state index >= 15 is 0 Å². The summed E-state index contributed by atoms with van der Waals surface area (Å²) in [5, 5.41) is 9.96. The Hall–Kier alpha value is -2.73. The lowest BCUT2D eigenvalue weighted by Crippen LogP contribution is -2.19. The molecular weight excluding hydrogens is 344 g/mol. The van der Waals surface area contributed by atoms with Crippen LogP contribution in [0.3, 0.4) is 0 Å². The van der Waals surface area contributed by atoms with Crippen molar-refractivity contribution < 1.29 is 4.79 Å². The van der Waals surface area contributed by atoms with Gasteiger partial charge in [-0.25, -0.2) is 0 Å². The van der Waals surface area contributed by atoms with E-state index in [-0.39, 0.29) is 12.5 Å². The van der Waals surface area contributed by atoms with Crippen molar-refractivity contribution in [3.8, 4) is 11.4 Å². The zero-order valence-electron chi connectivity index (χ0n) is 15.1. The van der Waals surface area contributed by atoms with Gasteiger partial charge in [-0.1, -0.05) is 55.8 Å². The highest BCUT2D eigenvalue weighted by Gasteiger charge is 2.12. The summed E-state index contributed by atoms with van der Waals surface area (Å²) >= 11 is 5.29. The Morgan fingerprint density at radius 3 is 2.42 bits per heavy atom. The average molecular weight is 366 g/mol. The van der Waals surface area contributed by atoms with Gasteiger partial charge in [-0.3, -0.25) is 14.5 Å². The number of rotatable bonds is 5. The van der Waals surface area contributed by atoms with Gasteiger partial charge < -0.3 is 5.32 Å². The van der Waals surface area contributed by atoms with Crippen LogP contribution in [0.5, 0.6) is 0 Å². The van der Waals surface area contributed by atoms with Gasteiger partial charge in [0.2, 0.25) is 5.91 Å². The number of nitrogens with one attached hydrogen (secondary N) is 2. The fourth-order valence-corrected chi connectivity index (χ4v) is 2.88. The predicted molar refractivity (Wildman–Crippen MR) is 107 cm³/mol. The van der Waals surface area contributed by atoms with Crippen LogP contribution < -0.4 is 5.32 Å². The number of carbonyl (C=O) groups excluding carboxylic acids is 1. The van der Waals surface area contributed by atoms with Gasteiger partial charge in [-0.2, -0.15) is 5.10 Å². The molecule has 0 aliphatic carbocycles. The second-order valence-corrected chi connectivity index (χ2v) is 7.02. The van der Waals surface area contributed by atoms with Gasteiger partial charge in [0.25, 0.3) is 0 Å². The fourth-order valence-electron chi connectivity index (χ4n) is 2.68. The molecule has 0 radical (unpaired) electrons. The Labute approximate surface area is 158 Å². The van der Waals surface area contributed by atoms with Crippen molar-refractivity contribution in [1.29, 1.82) is 0 Å². The number of benzene rings is 2. The summed E-state index contributed by atoms with van der Waals surface area (Å²) in [5.74, 6) is 0.967. The molecule has 1 aromatic heterocycles. The van der Waals surface area contributed by atoms with Gasteiger partial charge in [0.1, 0.15) is 6.54 Å². The van der Waals surface area contributed by atoms with E-state index < -0.39 is 0 Å². The zero-order valence-corrected chi connectivity index (χ0v) is 15.9. The van der Waals surface area contributed by atoms with Crippen molar-refractivity contribution in [3.63, 3.8) is 0 Å². The molecule has 6 heteroatoms. The maximum atomic E-state index is 12.5. The Balaban J connectivity index is 1.76. The molecule has 0 aliphatic rings. The number of amides is 1. The second-order valence-electron chi connectivity index (χ2n) is 6.63. The first-order valence-corrected chi connectivity index (χ1v) is 8.97. The summed E-state index contributed by atoms with van der Waals surface area (Å²) in [6, 6.07) is 15.9. The molecule has 0 atom stereocenters. The van der Waals surface area contributed by atoms with E-state index in [9.17, 15) is 4.79 Å². The van der Waals surface area contributed by atoms with Crippen LogP contribution in [0.15, 0.2) is 48.5 Å². The molecule has 134 valence electrons. The smallest absolute Gasteiger partial charge is 0.244 e. The Morgan fingerprint density at radius 1 is 1.15 bits per heavy atom. The van der Waals surface area contributed by atoms with Crippen molar-refractivity contribution in [2.45, 2.75) is 33.2 Å². The number of nitrogens with zero attached hydrogens (tertiary/aromatic N) is 2. The van der Waals surface area contributed by atoms with Crippen molar-refractivity contribution >= 4 is 23.8 Å². The summed E-state index contributed by atoms with van der Waals surface area (Å²) in [4.78, 5) is 12.5. The number of aryl methyl sites for hydroxylation is 1. The first-order valence-electron chi connectivity index (χ1n) is 8.56. The molecule has 3 aromatic rings. The number of anilines is 1. The first kappa shape index (κ1) is 18.1. The van der Waals surface area contributed by atoms with Gasteiger partial charge in [-0.05, 0) is 42.8 Å². The van der Waals surface area contributed by atoms with Gasteiger partial charge >= 0.3 is 0 Å². The van der Waals surface area contributed by atoms with Crippen LogP contribution in [0.4, 0.5) is 5.69 Å². The SMILES string of the molecule is Cc1ccc(-c2n[nH]c(=S)n2CC(=O)Nc2ccc(C(C)C)cc2)cc1. The number of aromatic nitrogens is 3. The molecule has 2 aromatic carbocycles. The summed E-state index contributed by atoms with van der Waals surface area (Å²) in [6.07, 6.45) is 0. The van der Waals surface area contributed by atoms with Crippen LogP contribution in [0, 0.1) is 11.7 Å². The van der Waals surface area contributed by atoms with Gasteiger partial charge in [0.05, 0.1) is 0 Å². The molecule has 3 rings (SSSR count). The third-order valence-corrected chi connectivity index (χ3v) is 4.54. The summed E-state index contributed by atoms with van der Waals surface area (Å²) in [6.45, 7) is 6.41. The summed E-state index contributed by atoms with van der Waals surface area (Å²) in [5.41, 5.74) is 4.09. The highest BCUT2D eigenvalue weighted by molar-refractivity contribution is 7.71. The van der Waals surface area contributed by atoms with Crippen LogP contribution in [-0.2, 0) is 11.3 Å². The van der Waals surface area contributed by atoms with Crippen molar-refractivity contribution in [1.82, 2.24) is 14.8 Å². The Bertz CT molecular complexity index is 953. The molecule has 0 fully saturated rings. The van der Waals surface area contributed by atoms with Gasteiger partial charge in [0.15, 0.2) is 10.6 Å². The lowest BCUT2D eigenvalue weighted by Gasteiger charge is -2.10. The first-order chi connectivity index (χ1) is 12.4. The second kappa shape index (κ2) is 7.66. The van der Waals surface area contributed by atoms with E-state index in [2.05, 4.69) is 29.4 Å². The van der Waals surface area contributed by atoms with Crippen molar-refractivity contribution in [2.24, 2.45) is 0 Å². The molecule has 2 N–H and O–H groups in total. The predicted octanol–water partition coefficient (Wildman–Crippen LogP) is 4.68. The van der Waals surface area contributed by atoms with Crippen LogP contribution in [0.1, 0.15) is 30.9 Å². The maximum Gasteiger partial charge on any atom is 0.244 e. The van der Waals surface area contributed by atoms with E-state index in [0.717, 1.165) is 16.8 Å². The van der Waals surface area contributed by atoms with E-state index in [1.54, 1.807) is 4.57 Å². The Morgan fingerprint density at radius 2 is 1.81 bits per heavy atom. The topological polar surface area (TPSA) is 62.7 Å². The molecular formula is C20H22N4OS. The molecule has 26 heavy (non-hydrogen) atoms. The van der Waals surface area contributed by atoms with Gasteiger partial charge in [0, 0.05) is 11.3 Å². The minimum atomic E-state index is -0.145. The standard InChI is InChI=1S/C20H22N4OS/c1-13(2)15-8-10-17(11-9-15)21-18(25)12-24-19(22-23-20(24)26)16-6-4-14(3)5-7-16/h4-11,13H,12H2,1-3H3,(H,21,25)(H,23,26). The molecule has 1 amide bonds. The minimum Gasteiger partial charge on any atom is -0.325 e. The maximum absolute atomic E-state index is 12.5. The van der Waals surface area contributed by atoms with Crippen molar-refractivity contribution in [2.75, 3.05) is 5.32 Å². The molecule has 0 saturated heterocycles. The quantitative estimate of drug-likeness (QED) is 0.645. The molecule has 0 spiro atoms.